The summed E-state index contributed by atoms with van der Waals surface area (Å²) in [5, 5.41) is 4.02. The number of amides is 2. The fourth-order valence-corrected chi connectivity index (χ4v) is 5.58. The molecule has 5 rings (SSSR count). The van der Waals surface area contributed by atoms with Crippen molar-refractivity contribution in [2.45, 2.75) is 72.3 Å². The number of hydrogen-bond donors (Lipinski definition) is 2. The number of fused-ring (bicyclic) bond motifs is 1. The van der Waals surface area contributed by atoms with Gasteiger partial charge in [0.25, 0.3) is 5.56 Å². The van der Waals surface area contributed by atoms with E-state index >= 15 is 0 Å². The lowest BCUT2D eigenvalue weighted by molar-refractivity contribution is 0.256. The van der Waals surface area contributed by atoms with E-state index in [0.29, 0.717) is 24.5 Å². The SMILES string of the molecule is CCCCN(C(=O)Nc1c(C(C)C)cc(-c2cccc(OCCCn3ccnc3)c2)cc1C(C)C)c1cc2cccnc2[nH]c1=O. The maximum Gasteiger partial charge on any atom is 0.326 e. The Morgan fingerprint density at radius 2 is 1.76 bits per heavy atom. The van der Waals surface area contributed by atoms with Gasteiger partial charge in [-0.25, -0.2) is 14.8 Å². The van der Waals surface area contributed by atoms with E-state index < -0.39 is 0 Å². The average molecular weight is 621 g/mol. The lowest BCUT2D eigenvalue weighted by Gasteiger charge is -2.27. The number of hydrogen-bond acceptors (Lipinski definition) is 5. The van der Waals surface area contributed by atoms with E-state index in [4.69, 9.17) is 4.74 Å². The monoisotopic (exact) mass is 620 g/mol. The van der Waals surface area contributed by atoms with Crippen LogP contribution in [0.15, 0.2) is 84.3 Å². The number of H-pyrrole nitrogens is 1. The number of nitrogens with zero attached hydrogens (tertiary/aromatic N) is 4. The van der Waals surface area contributed by atoms with Crippen LogP contribution in [0.2, 0.25) is 0 Å². The Bertz CT molecular complexity index is 1800. The molecular formula is C37H44N6O3. The molecule has 3 heterocycles. The molecule has 0 spiro atoms. The summed E-state index contributed by atoms with van der Waals surface area (Å²) in [7, 11) is 0. The zero-order valence-electron chi connectivity index (χ0n) is 27.4. The molecular weight excluding hydrogens is 576 g/mol. The van der Waals surface area contributed by atoms with Crippen LogP contribution in [0.5, 0.6) is 5.75 Å². The number of aromatic amines is 1. The van der Waals surface area contributed by atoms with Crippen LogP contribution in [-0.2, 0) is 6.54 Å². The molecule has 9 heteroatoms. The number of pyridine rings is 2. The number of ether oxygens (including phenoxy) is 1. The van der Waals surface area contributed by atoms with Crippen LogP contribution in [0.25, 0.3) is 22.2 Å². The van der Waals surface area contributed by atoms with Crippen molar-refractivity contribution in [3.8, 4) is 16.9 Å². The van der Waals surface area contributed by atoms with E-state index in [2.05, 4.69) is 79.2 Å². The first-order valence-corrected chi connectivity index (χ1v) is 16.2. The fourth-order valence-electron chi connectivity index (χ4n) is 5.58. The summed E-state index contributed by atoms with van der Waals surface area (Å²) in [6, 6.07) is 17.6. The third kappa shape index (κ3) is 7.65. The van der Waals surface area contributed by atoms with Gasteiger partial charge in [0.1, 0.15) is 17.1 Å². The predicted octanol–water partition coefficient (Wildman–Crippen LogP) is 8.34. The topological polar surface area (TPSA) is 105 Å². The predicted molar refractivity (Wildman–Crippen MR) is 186 cm³/mol. The second kappa shape index (κ2) is 14.9. The molecule has 5 aromatic rings. The van der Waals surface area contributed by atoms with Crippen molar-refractivity contribution in [1.29, 1.82) is 0 Å². The number of aromatic nitrogens is 4. The van der Waals surface area contributed by atoms with Crippen molar-refractivity contribution in [3.05, 3.63) is 101 Å². The Morgan fingerprint density at radius 3 is 2.46 bits per heavy atom. The number of urea groups is 1. The largest absolute Gasteiger partial charge is 0.494 e. The minimum Gasteiger partial charge on any atom is -0.494 e. The average Bonchev–Trinajstić information content (AvgIpc) is 3.57. The number of imidazole rings is 1. The molecule has 0 radical (unpaired) electrons. The summed E-state index contributed by atoms with van der Waals surface area (Å²) < 4.78 is 8.15. The number of carbonyl (C=O) groups is 1. The van der Waals surface area contributed by atoms with Crippen LogP contribution in [0.3, 0.4) is 0 Å². The molecule has 0 saturated heterocycles. The van der Waals surface area contributed by atoms with Crippen LogP contribution in [-0.4, -0.2) is 38.7 Å². The van der Waals surface area contributed by atoms with Crippen LogP contribution >= 0.6 is 0 Å². The standard InChI is InChI=1S/C37H44N6O3/c1-6-7-17-43(33-23-28-12-9-14-39-35(28)41-36(33)44)37(45)40-34-31(25(2)3)21-29(22-32(34)26(4)5)27-11-8-13-30(20-27)46-19-10-16-42-18-15-38-24-42/h8-9,11-15,18,20-26H,6-7,10,16-17,19H2,1-5H3,(H,40,45)(H,39,41,44). The van der Waals surface area contributed by atoms with Crippen LogP contribution < -0.4 is 20.5 Å². The number of anilines is 2. The Hall–Kier alpha value is -4.92. The Morgan fingerprint density at radius 1 is 0.978 bits per heavy atom. The third-order valence-corrected chi connectivity index (χ3v) is 8.10. The molecule has 0 aliphatic rings. The van der Waals surface area contributed by atoms with Crippen molar-refractivity contribution in [2.75, 3.05) is 23.4 Å². The van der Waals surface area contributed by atoms with E-state index in [-0.39, 0.29) is 23.4 Å². The lowest BCUT2D eigenvalue weighted by atomic mass is 9.88. The van der Waals surface area contributed by atoms with Crippen molar-refractivity contribution in [3.63, 3.8) is 0 Å². The van der Waals surface area contributed by atoms with E-state index in [9.17, 15) is 9.59 Å². The van der Waals surface area contributed by atoms with Gasteiger partial charge in [-0.3, -0.25) is 9.69 Å². The van der Waals surface area contributed by atoms with Gasteiger partial charge < -0.3 is 19.6 Å². The highest BCUT2D eigenvalue weighted by Crippen LogP contribution is 2.38. The maximum absolute atomic E-state index is 14.1. The summed E-state index contributed by atoms with van der Waals surface area (Å²) >= 11 is 0. The lowest BCUT2D eigenvalue weighted by Crippen LogP contribution is -2.39. The number of benzene rings is 2. The third-order valence-electron chi connectivity index (χ3n) is 8.10. The minimum atomic E-state index is -0.343. The van der Waals surface area contributed by atoms with E-state index in [1.54, 1.807) is 23.4 Å². The molecule has 2 N–H and O–H groups in total. The first-order valence-electron chi connectivity index (χ1n) is 16.2. The molecule has 9 nitrogen and oxygen atoms in total. The molecule has 240 valence electrons. The molecule has 2 aromatic carbocycles. The van der Waals surface area contributed by atoms with Gasteiger partial charge in [-0.1, -0.05) is 53.2 Å². The zero-order chi connectivity index (χ0) is 32.6. The molecule has 0 aliphatic heterocycles. The first kappa shape index (κ1) is 32.5. The summed E-state index contributed by atoms with van der Waals surface area (Å²) in [6.07, 6.45) is 9.70. The number of rotatable bonds is 13. The van der Waals surface area contributed by atoms with Gasteiger partial charge in [0.05, 0.1) is 12.9 Å². The molecule has 0 bridgehead atoms. The smallest absolute Gasteiger partial charge is 0.326 e. The number of carbonyl (C=O) groups excluding carboxylic acids is 1. The summed E-state index contributed by atoms with van der Waals surface area (Å²) in [6.45, 7) is 12.5. The molecule has 2 amide bonds. The second-order valence-electron chi connectivity index (χ2n) is 12.2. The van der Waals surface area contributed by atoms with E-state index in [1.165, 1.54) is 0 Å². The van der Waals surface area contributed by atoms with Gasteiger partial charge in [-0.15, -0.1) is 0 Å². The van der Waals surface area contributed by atoms with Gasteiger partial charge in [-0.05, 0) is 89.4 Å². The van der Waals surface area contributed by atoms with Crippen molar-refractivity contribution >= 4 is 28.4 Å². The fraction of sp³-hybridized carbons (Fsp3) is 0.351. The van der Waals surface area contributed by atoms with Gasteiger partial charge in [0.15, 0.2) is 0 Å². The van der Waals surface area contributed by atoms with Crippen LogP contribution in [0.4, 0.5) is 16.2 Å². The Kier molecular flexibility index (Phi) is 10.5. The normalized spacial score (nSPS) is 11.4. The van der Waals surface area contributed by atoms with Crippen molar-refractivity contribution in [2.24, 2.45) is 0 Å². The van der Waals surface area contributed by atoms with Crippen molar-refractivity contribution < 1.29 is 9.53 Å². The highest BCUT2D eigenvalue weighted by atomic mass is 16.5. The van der Waals surface area contributed by atoms with E-state index in [1.807, 2.05) is 41.4 Å². The summed E-state index contributed by atoms with van der Waals surface area (Å²) in [5.41, 5.74) is 5.44. The van der Waals surface area contributed by atoms with Gasteiger partial charge in [-0.2, -0.15) is 0 Å². The molecule has 0 fully saturated rings. The second-order valence-corrected chi connectivity index (χ2v) is 12.2. The van der Waals surface area contributed by atoms with Gasteiger partial charge >= 0.3 is 6.03 Å². The molecule has 3 aromatic heterocycles. The first-order chi connectivity index (χ1) is 22.2. The van der Waals surface area contributed by atoms with Crippen molar-refractivity contribution in [1.82, 2.24) is 19.5 Å². The van der Waals surface area contributed by atoms with Gasteiger partial charge in [0, 0.05) is 42.8 Å². The Labute approximate surface area is 270 Å². The Balaban J connectivity index is 1.44. The molecule has 0 atom stereocenters. The molecule has 0 unspecified atom stereocenters. The quantitative estimate of drug-likeness (QED) is 0.129. The summed E-state index contributed by atoms with van der Waals surface area (Å²) in [5.74, 6) is 1.09. The van der Waals surface area contributed by atoms with Crippen LogP contribution in [0, 0.1) is 0 Å². The van der Waals surface area contributed by atoms with Gasteiger partial charge in [0.2, 0.25) is 0 Å². The number of nitrogens with one attached hydrogen (secondary N) is 2. The molecule has 0 aliphatic carbocycles. The highest BCUT2D eigenvalue weighted by molar-refractivity contribution is 6.03. The molecule has 0 saturated carbocycles. The van der Waals surface area contributed by atoms with E-state index in [0.717, 1.165) is 64.9 Å². The zero-order valence-corrected chi connectivity index (χ0v) is 27.4. The molecule has 46 heavy (non-hydrogen) atoms. The number of unbranched alkanes of at least 4 members (excludes halogenated alkanes) is 1. The summed E-state index contributed by atoms with van der Waals surface area (Å²) in [4.78, 5) is 40.0. The number of aryl methyl sites for hydroxylation is 1. The van der Waals surface area contributed by atoms with Crippen LogP contribution in [0.1, 0.15) is 76.8 Å². The maximum atomic E-state index is 14.1. The minimum absolute atomic E-state index is 0.134. The highest BCUT2D eigenvalue weighted by Gasteiger charge is 2.24.